The van der Waals surface area contributed by atoms with Crippen molar-refractivity contribution in [2.24, 2.45) is 0 Å². The zero-order valence-electron chi connectivity index (χ0n) is 19.4. The molecule has 1 N–H and O–H groups in total. The first kappa shape index (κ1) is 24.7. The number of carbonyl (C=O) groups is 2. The summed E-state index contributed by atoms with van der Waals surface area (Å²) in [6, 6.07) is 14.7. The standard InChI is InChI=1S/C25H26N2O6S2/c1-26(19-10-8-18(9-11-19)25(30)33-2)35(31,32)22-16-21(24(28)29)34-23(22)17-6-12-20(13-7-17)27-14-4-3-5-15-27/h6-13,16H,3-5,14-15H2,1-2H3,(H,28,29). The van der Waals surface area contributed by atoms with Crippen LogP contribution in [0.3, 0.4) is 0 Å². The topological polar surface area (TPSA) is 104 Å². The Bertz CT molecular complexity index is 1330. The minimum Gasteiger partial charge on any atom is -0.477 e. The number of anilines is 2. The number of benzene rings is 2. The Labute approximate surface area is 208 Å². The Morgan fingerprint density at radius 2 is 1.63 bits per heavy atom. The third-order valence-electron chi connectivity index (χ3n) is 6.05. The maximum Gasteiger partial charge on any atom is 0.345 e. The van der Waals surface area contributed by atoms with E-state index in [1.165, 1.54) is 50.9 Å². The Hall–Kier alpha value is -3.37. The molecule has 2 aromatic carbocycles. The van der Waals surface area contributed by atoms with Crippen LogP contribution in [0, 0.1) is 0 Å². The lowest BCUT2D eigenvalue weighted by atomic mass is 10.1. The number of ether oxygens (including phenoxy) is 1. The van der Waals surface area contributed by atoms with Gasteiger partial charge in [-0.1, -0.05) is 12.1 Å². The first-order chi connectivity index (χ1) is 16.7. The summed E-state index contributed by atoms with van der Waals surface area (Å²) in [6.45, 7) is 1.97. The maximum absolute atomic E-state index is 13.6. The maximum atomic E-state index is 13.6. The van der Waals surface area contributed by atoms with E-state index in [0.29, 0.717) is 21.7 Å². The molecule has 4 rings (SSSR count). The molecular formula is C25H26N2O6S2. The van der Waals surface area contributed by atoms with E-state index >= 15 is 0 Å². The first-order valence-electron chi connectivity index (χ1n) is 11.1. The molecule has 0 atom stereocenters. The molecule has 1 aliphatic rings. The first-order valence-corrected chi connectivity index (χ1v) is 13.4. The molecule has 0 spiro atoms. The van der Waals surface area contributed by atoms with E-state index < -0.39 is 22.0 Å². The number of carbonyl (C=O) groups excluding carboxylic acids is 1. The van der Waals surface area contributed by atoms with Crippen molar-refractivity contribution in [2.75, 3.05) is 36.5 Å². The highest BCUT2D eigenvalue weighted by atomic mass is 32.2. The number of methoxy groups -OCH3 is 1. The van der Waals surface area contributed by atoms with Gasteiger partial charge >= 0.3 is 11.9 Å². The largest absolute Gasteiger partial charge is 0.477 e. The average Bonchev–Trinajstić information content (AvgIpc) is 3.35. The fourth-order valence-corrected chi connectivity index (χ4v) is 6.79. The highest BCUT2D eigenvalue weighted by Gasteiger charge is 2.29. The number of hydrogen-bond donors (Lipinski definition) is 1. The molecule has 35 heavy (non-hydrogen) atoms. The molecule has 0 unspecified atom stereocenters. The molecule has 3 aromatic rings. The summed E-state index contributed by atoms with van der Waals surface area (Å²) in [5.41, 5.74) is 2.32. The summed E-state index contributed by atoms with van der Waals surface area (Å²) in [5, 5.41) is 9.56. The fourth-order valence-electron chi connectivity index (χ4n) is 4.06. The van der Waals surface area contributed by atoms with Crippen LogP contribution in [0.15, 0.2) is 59.5 Å². The van der Waals surface area contributed by atoms with Crippen LogP contribution in [0.4, 0.5) is 11.4 Å². The van der Waals surface area contributed by atoms with E-state index in [2.05, 4.69) is 9.64 Å². The van der Waals surface area contributed by atoms with Crippen LogP contribution in [-0.2, 0) is 14.8 Å². The number of rotatable bonds is 7. The highest BCUT2D eigenvalue weighted by Crippen LogP contribution is 2.39. The van der Waals surface area contributed by atoms with E-state index in [4.69, 9.17) is 0 Å². The average molecular weight is 515 g/mol. The van der Waals surface area contributed by atoms with Gasteiger partial charge in [-0.25, -0.2) is 18.0 Å². The van der Waals surface area contributed by atoms with Crippen molar-refractivity contribution in [1.29, 1.82) is 0 Å². The molecule has 0 radical (unpaired) electrons. The Kier molecular flexibility index (Phi) is 7.13. The third kappa shape index (κ3) is 5.03. The molecule has 0 aliphatic carbocycles. The van der Waals surface area contributed by atoms with E-state index in [1.807, 2.05) is 24.3 Å². The molecule has 1 aliphatic heterocycles. The van der Waals surface area contributed by atoms with Crippen LogP contribution in [0.5, 0.6) is 0 Å². The van der Waals surface area contributed by atoms with Gasteiger partial charge in [-0.05, 0) is 67.3 Å². The molecule has 10 heteroatoms. The number of thiophene rings is 1. The van der Waals surface area contributed by atoms with Gasteiger partial charge in [0.05, 0.1) is 23.2 Å². The minimum absolute atomic E-state index is 0.0619. The third-order valence-corrected chi connectivity index (χ3v) is 9.16. The van der Waals surface area contributed by atoms with Gasteiger partial charge in [0.25, 0.3) is 10.0 Å². The molecule has 8 nitrogen and oxygen atoms in total. The molecule has 0 saturated carbocycles. The molecule has 2 heterocycles. The van der Waals surface area contributed by atoms with Crippen molar-refractivity contribution in [1.82, 2.24) is 0 Å². The predicted octanol–water partition coefficient (Wildman–Crippen LogP) is 4.72. The molecule has 184 valence electrons. The lowest BCUT2D eigenvalue weighted by Crippen LogP contribution is -2.29. The highest BCUT2D eigenvalue weighted by molar-refractivity contribution is 7.93. The number of nitrogens with zero attached hydrogens (tertiary/aromatic N) is 2. The zero-order chi connectivity index (χ0) is 25.2. The predicted molar refractivity (Wildman–Crippen MR) is 136 cm³/mol. The Balaban J connectivity index is 1.70. The lowest BCUT2D eigenvalue weighted by molar-refractivity contribution is 0.0600. The summed E-state index contributed by atoms with van der Waals surface area (Å²) in [5.74, 6) is -1.71. The van der Waals surface area contributed by atoms with Crippen molar-refractivity contribution in [2.45, 2.75) is 24.2 Å². The van der Waals surface area contributed by atoms with Gasteiger partial charge in [0.1, 0.15) is 9.77 Å². The lowest BCUT2D eigenvalue weighted by Gasteiger charge is -2.28. The normalized spacial score (nSPS) is 13.9. The molecule has 1 saturated heterocycles. The van der Waals surface area contributed by atoms with Crippen LogP contribution < -0.4 is 9.21 Å². The number of hydrogen-bond acceptors (Lipinski definition) is 7. The number of piperidine rings is 1. The summed E-state index contributed by atoms with van der Waals surface area (Å²) in [6.07, 6.45) is 3.51. The Morgan fingerprint density at radius 3 is 2.20 bits per heavy atom. The van der Waals surface area contributed by atoms with Gasteiger partial charge in [-0.2, -0.15) is 0 Å². The van der Waals surface area contributed by atoms with Crippen LogP contribution in [0.2, 0.25) is 0 Å². The van der Waals surface area contributed by atoms with Crippen molar-refractivity contribution in [3.05, 3.63) is 65.0 Å². The number of carboxylic acids is 1. The second kappa shape index (κ2) is 10.1. The summed E-state index contributed by atoms with van der Waals surface area (Å²) in [4.78, 5) is 25.9. The second-order valence-electron chi connectivity index (χ2n) is 8.21. The summed E-state index contributed by atoms with van der Waals surface area (Å²) < 4.78 is 32.9. The minimum atomic E-state index is -4.10. The molecule has 0 bridgehead atoms. The SMILES string of the molecule is COC(=O)c1ccc(N(C)S(=O)(=O)c2cc(C(=O)O)sc2-c2ccc(N3CCCCC3)cc2)cc1. The van der Waals surface area contributed by atoms with Crippen molar-refractivity contribution in [3.8, 4) is 10.4 Å². The number of esters is 1. The van der Waals surface area contributed by atoms with E-state index in [0.717, 1.165) is 47.3 Å². The Morgan fingerprint density at radius 1 is 1.00 bits per heavy atom. The van der Waals surface area contributed by atoms with E-state index in [9.17, 15) is 23.1 Å². The van der Waals surface area contributed by atoms with Crippen LogP contribution in [-0.4, -0.2) is 52.7 Å². The van der Waals surface area contributed by atoms with E-state index in [1.54, 1.807) is 0 Å². The van der Waals surface area contributed by atoms with Crippen LogP contribution >= 0.6 is 11.3 Å². The fraction of sp³-hybridized carbons (Fsp3) is 0.280. The zero-order valence-corrected chi connectivity index (χ0v) is 21.1. The molecule has 1 fully saturated rings. The van der Waals surface area contributed by atoms with Crippen molar-refractivity contribution >= 4 is 44.7 Å². The monoisotopic (exact) mass is 514 g/mol. The smallest absolute Gasteiger partial charge is 0.345 e. The van der Waals surface area contributed by atoms with Crippen LogP contribution in [0.25, 0.3) is 10.4 Å². The van der Waals surface area contributed by atoms with Crippen LogP contribution in [0.1, 0.15) is 39.3 Å². The van der Waals surface area contributed by atoms with Crippen molar-refractivity contribution in [3.63, 3.8) is 0 Å². The van der Waals surface area contributed by atoms with Gasteiger partial charge in [-0.3, -0.25) is 4.31 Å². The van der Waals surface area contributed by atoms with Gasteiger partial charge in [-0.15, -0.1) is 11.3 Å². The van der Waals surface area contributed by atoms with Gasteiger partial charge < -0.3 is 14.7 Å². The molecule has 0 amide bonds. The number of sulfonamides is 1. The van der Waals surface area contributed by atoms with Gasteiger partial charge in [0.15, 0.2) is 0 Å². The quantitative estimate of drug-likeness (QED) is 0.455. The number of aromatic carboxylic acids is 1. The second-order valence-corrected chi connectivity index (χ2v) is 11.2. The molecular weight excluding hydrogens is 488 g/mol. The summed E-state index contributed by atoms with van der Waals surface area (Å²) >= 11 is 0.931. The molecule has 1 aromatic heterocycles. The van der Waals surface area contributed by atoms with Gasteiger partial charge in [0, 0.05) is 25.8 Å². The number of carboxylic acid groups (broad SMARTS) is 1. The van der Waals surface area contributed by atoms with Gasteiger partial charge in [0.2, 0.25) is 0 Å². The summed E-state index contributed by atoms with van der Waals surface area (Å²) in [7, 11) is -1.44. The van der Waals surface area contributed by atoms with Crippen molar-refractivity contribution < 1.29 is 27.9 Å². The van der Waals surface area contributed by atoms with E-state index in [-0.39, 0.29) is 9.77 Å².